The number of nitrogens with two attached hydrogens (primary N) is 1. The quantitative estimate of drug-likeness (QED) is 0.249. The molecular formula is C38H46N6O5. The summed E-state index contributed by atoms with van der Waals surface area (Å²) in [7, 11) is 0. The Labute approximate surface area is 287 Å². The molecule has 11 heteroatoms. The summed E-state index contributed by atoms with van der Waals surface area (Å²) < 4.78 is 0. The van der Waals surface area contributed by atoms with E-state index in [9.17, 15) is 24.0 Å². The number of carbonyl (C=O) groups excluding carboxylic acids is 5. The van der Waals surface area contributed by atoms with Crippen molar-refractivity contribution >= 4 is 40.9 Å². The molecule has 7 rings (SSSR count). The molecule has 1 atom stereocenters. The van der Waals surface area contributed by atoms with Crippen molar-refractivity contribution in [2.75, 3.05) is 30.3 Å². The maximum Gasteiger partial charge on any atom is 0.247 e. The molecule has 0 spiro atoms. The smallest absolute Gasteiger partial charge is 0.247 e. The Hall–Kier alpha value is -5.03. The van der Waals surface area contributed by atoms with Gasteiger partial charge in [-0.2, -0.15) is 0 Å². The van der Waals surface area contributed by atoms with Gasteiger partial charge in [0.15, 0.2) is 0 Å². The van der Waals surface area contributed by atoms with Gasteiger partial charge < -0.3 is 32.3 Å². The van der Waals surface area contributed by atoms with Crippen LogP contribution in [0, 0.1) is 18.8 Å². The number of nitrogens with one attached hydrogen (secondary N) is 5. The van der Waals surface area contributed by atoms with Gasteiger partial charge in [0.2, 0.25) is 29.5 Å². The highest BCUT2D eigenvalue weighted by Crippen LogP contribution is 2.29. The fourth-order valence-corrected chi connectivity index (χ4v) is 6.29. The van der Waals surface area contributed by atoms with Crippen molar-refractivity contribution in [1.82, 2.24) is 16.0 Å². The molecule has 3 aromatic carbocycles. The second kappa shape index (κ2) is 16.9. The van der Waals surface area contributed by atoms with E-state index < -0.39 is 6.04 Å². The van der Waals surface area contributed by atoms with Crippen LogP contribution in [-0.4, -0.2) is 55.2 Å². The molecule has 7 N–H and O–H groups in total. The average Bonchev–Trinajstić information content (AvgIpc) is 3.10. The molecule has 0 unspecified atom stereocenters. The summed E-state index contributed by atoms with van der Waals surface area (Å²) >= 11 is 0. The Kier molecular flexibility index (Phi) is 12.2. The van der Waals surface area contributed by atoms with Gasteiger partial charge in [0.25, 0.3) is 0 Å². The highest BCUT2D eigenvalue weighted by atomic mass is 16.2. The molecule has 0 radical (unpaired) electrons. The number of anilines is 2. The van der Waals surface area contributed by atoms with Crippen LogP contribution in [0.15, 0.2) is 66.7 Å². The Morgan fingerprint density at radius 3 is 2.20 bits per heavy atom. The molecule has 0 saturated heterocycles. The van der Waals surface area contributed by atoms with Crippen molar-refractivity contribution in [3.63, 3.8) is 0 Å². The number of hydrogen-bond acceptors (Lipinski definition) is 6. The minimum absolute atomic E-state index is 0.123. The molecule has 3 aromatic rings. The van der Waals surface area contributed by atoms with Gasteiger partial charge in [-0.05, 0) is 97.5 Å². The van der Waals surface area contributed by atoms with E-state index in [1.807, 2.05) is 49.4 Å². The van der Waals surface area contributed by atoms with E-state index in [2.05, 4.69) is 26.6 Å². The molecule has 5 amide bonds. The lowest BCUT2D eigenvalue weighted by Gasteiger charge is -2.28. The molecule has 258 valence electrons. The van der Waals surface area contributed by atoms with E-state index in [-0.39, 0.29) is 61.3 Å². The van der Waals surface area contributed by atoms with Crippen LogP contribution in [0.3, 0.4) is 0 Å². The first-order valence-corrected chi connectivity index (χ1v) is 17.1. The molecule has 6 bridgehead atoms. The maximum absolute atomic E-state index is 13.7. The summed E-state index contributed by atoms with van der Waals surface area (Å²) in [4.78, 5) is 64.5. The lowest BCUT2D eigenvalue weighted by molar-refractivity contribution is -0.130. The monoisotopic (exact) mass is 666 g/mol. The zero-order valence-electron chi connectivity index (χ0n) is 28.0. The maximum atomic E-state index is 13.7. The zero-order chi connectivity index (χ0) is 34.8. The van der Waals surface area contributed by atoms with E-state index >= 15 is 0 Å². The molecule has 49 heavy (non-hydrogen) atoms. The zero-order valence-corrected chi connectivity index (χ0v) is 28.0. The number of amides is 5. The van der Waals surface area contributed by atoms with Crippen molar-refractivity contribution < 1.29 is 24.0 Å². The van der Waals surface area contributed by atoms with Crippen LogP contribution in [-0.2, 0) is 36.8 Å². The molecule has 3 heterocycles. The third-order valence-corrected chi connectivity index (χ3v) is 9.36. The lowest BCUT2D eigenvalue weighted by atomic mass is 9.81. The number of benzene rings is 3. The minimum Gasteiger partial charge on any atom is -0.356 e. The Morgan fingerprint density at radius 2 is 1.49 bits per heavy atom. The van der Waals surface area contributed by atoms with Crippen LogP contribution in [0.4, 0.5) is 11.4 Å². The van der Waals surface area contributed by atoms with Gasteiger partial charge >= 0.3 is 0 Å². The van der Waals surface area contributed by atoms with Gasteiger partial charge in [0.1, 0.15) is 6.04 Å². The lowest BCUT2D eigenvalue weighted by Crippen LogP contribution is -2.48. The fourth-order valence-electron chi connectivity index (χ4n) is 6.29. The molecule has 4 aliphatic rings. The standard InChI is InChI=1S/C38H46N6O5/c1-24-4-11-30-21-32(24)43-36(47)23-41-34(45)3-2-18-40-35(46)20-26-9-16-31(17-10-26)42-38(49)33(19-25-5-12-28(30)13-6-25)44-37(48)29-14-7-27(22-39)8-15-29/h4-6,9-13,16-17,21,27,29,33H,2-3,7-8,14-15,18-20,22-23,39H2,1H3,(H,40,46)(H,41,45)(H,42,49)(H,43,47)(H,44,48)/t27?,29?,33-/m0/s1. The van der Waals surface area contributed by atoms with Gasteiger partial charge in [-0.15, -0.1) is 0 Å². The summed E-state index contributed by atoms with van der Waals surface area (Å²) in [6.45, 7) is 2.67. The van der Waals surface area contributed by atoms with Gasteiger partial charge in [-0.25, -0.2) is 0 Å². The summed E-state index contributed by atoms with van der Waals surface area (Å²) in [5.74, 6) is -0.985. The molecule has 3 aliphatic heterocycles. The third kappa shape index (κ3) is 10.2. The number of aryl methyl sites for hydroxylation is 1. The van der Waals surface area contributed by atoms with E-state index in [0.29, 0.717) is 36.8 Å². The number of fused-ring (bicyclic) bond motifs is 2. The van der Waals surface area contributed by atoms with Crippen molar-refractivity contribution in [3.05, 3.63) is 83.4 Å². The Bertz CT molecular complexity index is 1650. The van der Waals surface area contributed by atoms with Crippen molar-refractivity contribution in [2.45, 2.75) is 64.3 Å². The van der Waals surface area contributed by atoms with Crippen molar-refractivity contribution in [1.29, 1.82) is 0 Å². The van der Waals surface area contributed by atoms with Gasteiger partial charge in [-0.3, -0.25) is 24.0 Å². The summed E-state index contributed by atoms with van der Waals surface area (Å²) in [5, 5.41) is 14.3. The van der Waals surface area contributed by atoms with E-state index in [4.69, 9.17) is 5.73 Å². The second-order valence-corrected chi connectivity index (χ2v) is 13.1. The van der Waals surface area contributed by atoms with Crippen LogP contribution in [0.25, 0.3) is 11.1 Å². The topological polar surface area (TPSA) is 172 Å². The predicted molar refractivity (Wildman–Crippen MR) is 189 cm³/mol. The van der Waals surface area contributed by atoms with Crippen LogP contribution in [0.2, 0.25) is 0 Å². The highest BCUT2D eigenvalue weighted by molar-refractivity contribution is 5.98. The molecule has 1 fully saturated rings. The first-order valence-electron chi connectivity index (χ1n) is 17.1. The number of rotatable bonds is 3. The van der Waals surface area contributed by atoms with Crippen LogP contribution >= 0.6 is 0 Å². The molecule has 11 nitrogen and oxygen atoms in total. The van der Waals surface area contributed by atoms with Crippen molar-refractivity contribution in [2.24, 2.45) is 17.6 Å². The molecule has 1 saturated carbocycles. The SMILES string of the molecule is Cc1ccc2cc1NC(=O)CNC(=O)CCCNC(=O)Cc1ccc(cc1)NC(=O)[C@@H](NC(=O)C1CCC(CN)CC1)Cc1ccc-2cc1. The van der Waals surface area contributed by atoms with Gasteiger partial charge in [0, 0.05) is 36.7 Å². The summed E-state index contributed by atoms with van der Waals surface area (Å²) in [5.41, 5.74) is 11.4. The van der Waals surface area contributed by atoms with E-state index in [1.165, 1.54) is 0 Å². The second-order valence-electron chi connectivity index (χ2n) is 13.1. The highest BCUT2D eigenvalue weighted by Gasteiger charge is 2.29. The Morgan fingerprint density at radius 1 is 0.796 bits per heavy atom. The largest absolute Gasteiger partial charge is 0.356 e. The molecular weight excluding hydrogens is 620 g/mol. The first-order chi connectivity index (χ1) is 23.7. The van der Waals surface area contributed by atoms with Crippen LogP contribution < -0.4 is 32.3 Å². The Balaban J connectivity index is 1.37. The van der Waals surface area contributed by atoms with Gasteiger partial charge in [-0.1, -0.05) is 48.5 Å². The minimum atomic E-state index is -0.809. The number of carbonyl (C=O) groups is 5. The van der Waals surface area contributed by atoms with Crippen LogP contribution in [0.1, 0.15) is 55.2 Å². The predicted octanol–water partition coefficient (Wildman–Crippen LogP) is 3.60. The third-order valence-electron chi connectivity index (χ3n) is 9.36. The van der Waals surface area contributed by atoms with Gasteiger partial charge in [0.05, 0.1) is 13.0 Å². The normalized spacial score (nSPS) is 21.2. The number of hydrogen-bond donors (Lipinski definition) is 6. The summed E-state index contributed by atoms with van der Waals surface area (Å²) in [6, 6.07) is 19.8. The molecule has 1 aliphatic carbocycles. The first kappa shape index (κ1) is 35.3. The van der Waals surface area contributed by atoms with Crippen LogP contribution in [0.5, 0.6) is 0 Å². The van der Waals surface area contributed by atoms with E-state index in [0.717, 1.165) is 53.5 Å². The molecule has 0 aromatic heterocycles. The van der Waals surface area contributed by atoms with E-state index in [1.54, 1.807) is 24.3 Å². The average molecular weight is 667 g/mol. The summed E-state index contributed by atoms with van der Waals surface area (Å²) in [6.07, 6.45) is 4.33. The fraction of sp³-hybridized carbons (Fsp3) is 0.395. The van der Waals surface area contributed by atoms with Crippen molar-refractivity contribution in [3.8, 4) is 11.1 Å².